The quantitative estimate of drug-likeness (QED) is 0.817. The van der Waals surface area contributed by atoms with Gasteiger partial charge in [-0.1, -0.05) is 0 Å². The number of amides is 2. The lowest BCUT2D eigenvalue weighted by atomic mass is 10.1. The number of halogens is 4. The van der Waals surface area contributed by atoms with Crippen molar-refractivity contribution in [3.8, 4) is 5.75 Å². The van der Waals surface area contributed by atoms with Gasteiger partial charge >= 0.3 is 0 Å². The Kier molecular flexibility index (Phi) is 6.94. The first-order valence-corrected chi connectivity index (χ1v) is 8.40. The Labute approximate surface area is 161 Å². The number of carbonyl (C=O) groups excluding carboxylic acids is 2. The van der Waals surface area contributed by atoms with Crippen LogP contribution in [0.1, 0.15) is 6.42 Å². The second kappa shape index (κ2) is 8.79. The van der Waals surface area contributed by atoms with Gasteiger partial charge in [-0.05, 0) is 24.3 Å². The molecular weight excluding hydrogens is 387 g/mol. The van der Waals surface area contributed by atoms with Crippen LogP contribution in [0.15, 0.2) is 24.3 Å². The van der Waals surface area contributed by atoms with E-state index in [9.17, 15) is 22.8 Å². The molecule has 0 bridgehead atoms. The number of rotatable bonds is 4. The number of hydrogen-bond donors (Lipinski definition) is 1. The molecule has 6 nitrogen and oxygen atoms in total. The molecule has 0 spiro atoms. The number of ether oxygens (including phenoxy) is 1. The number of nitrogens with one attached hydrogen (secondary N) is 1. The zero-order valence-corrected chi connectivity index (χ0v) is 15.3. The molecule has 10 heteroatoms. The summed E-state index contributed by atoms with van der Waals surface area (Å²) in [6.45, 7) is 0.565. The average molecular weight is 408 g/mol. The highest BCUT2D eigenvalue weighted by atomic mass is 35.5. The molecule has 1 aromatic rings. The highest BCUT2D eigenvalue weighted by molar-refractivity contribution is 5.85. The van der Waals surface area contributed by atoms with Crippen LogP contribution in [-0.4, -0.2) is 72.9 Å². The molecule has 0 saturated carbocycles. The van der Waals surface area contributed by atoms with Gasteiger partial charge in [0, 0.05) is 32.6 Å². The Morgan fingerprint density at radius 1 is 1.11 bits per heavy atom. The zero-order valence-electron chi connectivity index (χ0n) is 14.5. The van der Waals surface area contributed by atoms with Gasteiger partial charge in [-0.2, -0.15) is 0 Å². The number of alkyl halides is 2. The maximum atomic E-state index is 13.2. The monoisotopic (exact) mass is 407 g/mol. The SMILES string of the molecule is Cl.O=C(COc1ccc(F)cc1)N1CCN(C(=O)C2CC(F)(F)CN2)CC1. The van der Waals surface area contributed by atoms with Gasteiger partial charge in [0.05, 0.1) is 12.6 Å². The van der Waals surface area contributed by atoms with Gasteiger partial charge in [0.2, 0.25) is 5.91 Å². The average Bonchev–Trinajstić information content (AvgIpc) is 3.00. The molecule has 1 aromatic carbocycles. The molecule has 0 aliphatic carbocycles. The fraction of sp³-hybridized carbons (Fsp3) is 0.529. The Hall–Kier alpha value is -2.00. The number of hydrogen-bond acceptors (Lipinski definition) is 4. The van der Waals surface area contributed by atoms with E-state index in [1.807, 2.05) is 0 Å². The largest absolute Gasteiger partial charge is 0.484 e. The van der Waals surface area contributed by atoms with Crippen molar-refractivity contribution in [3.63, 3.8) is 0 Å². The first-order valence-electron chi connectivity index (χ1n) is 8.40. The van der Waals surface area contributed by atoms with Gasteiger partial charge < -0.3 is 14.5 Å². The third-order valence-corrected chi connectivity index (χ3v) is 4.53. The van der Waals surface area contributed by atoms with Gasteiger partial charge in [-0.15, -0.1) is 12.4 Å². The molecule has 2 amide bonds. The number of nitrogens with zero attached hydrogens (tertiary/aromatic N) is 2. The van der Waals surface area contributed by atoms with Crippen LogP contribution in [0.25, 0.3) is 0 Å². The van der Waals surface area contributed by atoms with E-state index in [-0.39, 0.29) is 36.6 Å². The topological polar surface area (TPSA) is 61.9 Å². The van der Waals surface area contributed by atoms with E-state index in [1.165, 1.54) is 29.2 Å². The fourth-order valence-electron chi connectivity index (χ4n) is 3.05. The van der Waals surface area contributed by atoms with Crippen molar-refractivity contribution in [2.75, 3.05) is 39.3 Å². The predicted octanol–water partition coefficient (Wildman–Crippen LogP) is 1.29. The molecule has 150 valence electrons. The molecule has 0 aromatic heterocycles. The first kappa shape index (κ1) is 21.3. The van der Waals surface area contributed by atoms with Crippen LogP contribution in [0.5, 0.6) is 5.75 Å². The Balaban J connectivity index is 0.00000261. The van der Waals surface area contributed by atoms with E-state index in [4.69, 9.17) is 4.74 Å². The summed E-state index contributed by atoms with van der Waals surface area (Å²) < 4.78 is 44.6. The van der Waals surface area contributed by atoms with Crippen LogP contribution in [-0.2, 0) is 9.59 Å². The summed E-state index contributed by atoms with van der Waals surface area (Å²) in [5.74, 6) is -3.44. The zero-order chi connectivity index (χ0) is 18.7. The van der Waals surface area contributed by atoms with Crippen LogP contribution in [0.4, 0.5) is 13.2 Å². The van der Waals surface area contributed by atoms with Gasteiger partial charge in [-0.25, -0.2) is 13.2 Å². The number of piperazine rings is 1. The summed E-state index contributed by atoms with van der Waals surface area (Å²) in [6, 6.07) is 4.48. The summed E-state index contributed by atoms with van der Waals surface area (Å²) in [5.41, 5.74) is 0. The number of benzene rings is 1. The highest BCUT2D eigenvalue weighted by Gasteiger charge is 2.43. The van der Waals surface area contributed by atoms with E-state index in [1.54, 1.807) is 4.90 Å². The van der Waals surface area contributed by atoms with Gasteiger partial charge in [0.25, 0.3) is 11.8 Å². The smallest absolute Gasteiger partial charge is 0.262 e. The molecule has 3 rings (SSSR count). The predicted molar refractivity (Wildman–Crippen MR) is 93.7 cm³/mol. The molecular formula is C17H21ClF3N3O3. The van der Waals surface area contributed by atoms with E-state index in [0.29, 0.717) is 31.9 Å². The van der Waals surface area contributed by atoms with E-state index >= 15 is 0 Å². The standard InChI is InChI=1S/C17H20F3N3O3.ClH/c18-12-1-3-13(4-2-12)26-10-15(24)22-5-7-23(8-6-22)16(25)14-9-17(19,20)11-21-14;/h1-4,14,21H,5-11H2;1H. The van der Waals surface area contributed by atoms with Crippen LogP contribution < -0.4 is 10.1 Å². The fourth-order valence-corrected chi connectivity index (χ4v) is 3.05. The Bertz CT molecular complexity index is 667. The van der Waals surface area contributed by atoms with Crippen molar-refractivity contribution in [2.45, 2.75) is 18.4 Å². The number of carbonyl (C=O) groups is 2. The van der Waals surface area contributed by atoms with Crippen molar-refractivity contribution < 1.29 is 27.5 Å². The van der Waals surface area contributed by atoms with Crippen molar-refractivity contribution in [2.24, 2.45) is 0 Å². The van der Waals surface area contributed by atoms with Crippen LogP contribution in [0, 0.1) is 5.82 Å². The maximum Gasteiger partial charge on any atom is 0.262 e. The highest BCUT2D eigenvalue weighted by Crippen LogP contribution is 2.26. The Morgan fingerprint density at radius 3 is 2.26 bits per heavy atom. The molecule has 1 atom stereocenters. The second-order valence-electron chi connectivity index (χ2n) is 6.44. The summed E-state index contributed by atoms with van der Waals surface area (Å²) in [6.07, 6.45) is -0.490. The van der Waals surface area contributed by atoms with Gasteiger partial charge in [0.1, 0.15) is 11.6 Å². The van der Waals surface area contributed by atoms with Crippen LogP contribution in [0.3, 0.4) is 0 Å². The molecule has 2 saturated heterocycles. The van der Waals surface area contributed by atoms with E-state index in [2.05, 4.69) is 5.32 Å². The normalized spacial score (nSPS) is 21.5. The molecule has 2 fully saturated rings. The lowest BCUT2D eigenvalue weighted by molar-refractivity contribution is -0.141. The summed E-state index contributed by atoms with van der Waals surface area (Å²) in [5, 5.41) is 2.55. The van der Waals surface area contributed by atoms with Crippen LogP contribution >= 0.6 is 12.4 Å². The Morgan fingerprint density at radius 2 is 1.70 bits per heavy atom. The van der Waals surface area contributed by atoms with Crippen molar-refractivity contribution >= 4 is 24.2 Å². The molecule has 1 N–H and O–H groups in total. The van der Waals surface area contributed by atoms with E-state index < -0.39 is 24.9 Å². The molecule has 2 heterocycles. The van der Waals surface area contributed by atoms with Crippen molar-refractivity contribution in [3.05, 3.63) is 30.1 Å². The first-order chi connectivity index (χ1) is 12.3. The molecule has 2 aliphatic rings. The van der Waals surface area contributed by atoms with Gasteiger partial charge in [0.15, 0.2) is 6.61 Å². The van der Waals surface area contributed by atoms with Crippen molar-refractivity contribution in [1.29, 1.82) is 0 Å². The maximum absolute atomic E-state index is 13.2. The van der Waals surface area contributed by atoms with Crippen molar-refractivity contribution in [1.82, 2.24) is 15.1 Å². The molecule has 1 unspecified atom stereocenters. The van der Waals surface area contributed by atoms with Gasteiger partial charge in [-0.3, -0.25) is 14.9 Å². The summed E-state index contributed by atoms with van der Waals surface area (Å²) in [4.78, 5) is 27.5. The van der Waals surface area contributed by atoms with Crippen LogP contribution in [0.2, 0.25) is 0 Å². The minimum Gasteiger partial charge on any atom is -0.484 e. The third kappa shape index (κ3) is 5.49. The molecule has 2 aliphatic heterocycles. The lowest BCUT2D eigenvalue weighted by Gasteiger charge is -2.35. The lowest BCUT2D eigenvalue weighted by Crippen LogP contribution is -2.54. The third-order valence-electron chi connectivity index (χ3n) is 4.53. The molecule has 0 radical (unpaired) electrons. The minimum atomic E-state index is -2.85. The summed E-state index contributed by atoms with van der Waals surface area (Å²) >= 11 is 0. The molecule has 27 heavy (non-hydrogen) atoms. The second-order valence-corrected chi connectivity index (χ2v) is 6.44. The minimum absolute atomic E-state index is 0. The van der Waals surface area contributed by atoms with E-state index in [0.717, 1.165) is 0 Å². The summed E-state index contributed by atoms with van der Waals surface area (Å²) in [7, 11) is 0.